The fourth-order valence-corrected chi connectivity index (χ4v) is 3.33. The molecule has 0 atom stereocenters. The van der Waals surface area contributed by atoms with Crippen LogP contribution in [0.1, 0.15) is 34.7 Å². The van der Waals surface area contributed by atoms with Crippen molar-refractivity contribution in [2.24, 2.45) is 0 Å². The van der Waals surface area contributed by atoms with Gasteiger partial charge < -0.3 is 18.9 Å². The highest BCUT2D eigenvalue weighted by molar-refractivity contribution is 7.92. The van der Waals surface area contributed by atoms with E-state index in [2.05, 4.69) is 15.0 Å². The summed E-state index contributed by atoms with van der Waals surface area (Å²) in [4.78, 5) is 16.7. The predicted molar refractivity (Wildman–Crippen MR) is 110 cm³/mol. The molecule has 0 aliphatic rings. The first-order valence-electron chi connectivity index (χ1n) is 9.25. The molecule has 0 saturated heterocycles. The van der Waals surface area contributed by atoms with Gasteiger partial charge in [0.05, 0.1) is 23.5 Å². The molecule has 1 amide bonds. The van der Waals surface area contributed by atoms with Gasteiger partial charge >= 0.3 is 0 Å². The highest BCUT2D eigenvalue weighted by Crippen LogP contribution is 2.29. The zero-order chi connectivity index (χ0) is 21.7. The number of rotatable bonds is 9. The van der Waals surface area contributed by atoms with Crippen LogP contribution in [0.3, 0.4) is 0 Å². The number of ether oxygens (including phenoxy) is 1. The molecule has 1 aromatic carbocycles. The maximum absolute atomic E-state index is 12.3. The average molecular weight is 433 g/mol. The Morgan fingerprint density at radius 3 is 2.67 bits per heavy atom. The summed E-state index contributed by atoms with van der Waals surface area (Å²) in [6.07, 6.45) is 0. The molecule has 0 spiro atoms. The number of benzene rings is 1. The average Bonchev–Trinajstić information content (AvgIpc) is 3.33. The molecule has 2 aromatic heterocycles. The molecule has 30 heavy (non-hydrogen) atoms. The van der Waals surface area contributed by atoms with Crippen LogP contribution >= 0.6 is 0 Å². The van der Waals surface area contributed by atoms with Crippen LogP contribution in [0.2, 0.25) is 0 Å². The Hall–Kier alpha value is -3.11. The number of sulfonamides is 1. The van der Waals surface area contributed by atoms with E-state index in [0.29, 0.717) is 28.5 Å². The summed E-state index contributed by atoms with van der Waals surface area (Å²) in [5.41, 5.74) is 1.40. The topological polar surface area (TPSA) is 124 Å². The van der Waals surface area contributed by atoms with Crippen molar-refractivity contribution in [3.63, 3.8) is 0 Å². The molecular weight excluding hydrogens is 410 g/mol. The second kappa shape index (κ2) is 9.14. The van der Waals surface area contributed by atoms with Crippen LogP contribution in [0, 0.1) is 6.92 Å². The lowest BCUT2D eigenvalue weighted by Gasteiger charge is -2.09. The third-order valence-electron chi connectivity index (χ3n) is 4.28. The molecule has 2 heterocycles. The third kappa shape index (κ3) is 5.08. The lowest BCUT2D eigenvalue weighted by molar-refractivity contribution is 0.0914. The Morgan fingerprint density at radius 2 is 1.93 bits per heavy atom. The summed E-state index contributed by atoms with van der Waals surface area (Å²) in [5, 5.41) is 2.73. The van der Waals surface area contributed by atoms with Gasteiger partial charge in [0.1, 0.15) is 23.8 Å². The summed E-state index contributed by atoms with van der Waals surface area (Å²) in [6.45, 7) is 3.68. The maximum Gasteiger partial charge on any atom is 0.287 e. The molecule has 0 fully saturated rings. The van der Waals surface area contributed by atoms with Gasteiger partial charge in [-0.05, 0) is 38.1 Å². The molecule has 0 saturated carbocycles. The molecule has 0 bridgehead atoms. The number of hydrogen-bond donors (Lipinski definition) is 2. The number of nitrogens with zero attached hydrogens (tertiary/aromatic N) is 1. The number of amides is 1. The monoisotopic (exact) mass is 433 g/mol. The number of hydrogen-bond acceptors (Lipinski definition) is 7. The minimum atomic E-state index is -3.46. The largest absolute Gasteiger partial charge is 0.453 e. The van der Waals surface area contributed by atoms with Crippen LogP contribution in [0.5, 0.6) is 0 Å². The van der Waals surface area contributed by atoms with Crippen molar-refractivity contribution in [2.45, 2.75) is 27.0 Å². The van der Waals surface area contributed by atoms with E-state index in [1.54, 1.807) is 57.4 Å². The number of aryl methyl sites for hydroxylation is 1. The van der Waals surface area contributed by atoms with Crippen LogP contribution in [0.25, 0.3) is 11.5 Å². The number of methoxy groups -OCH3 is 1. The van der Waals surface area contributed by atoms with E-state index in [1.165, 1.54) is 0 Å². The Balaban J connectivity index is 1.75. The van der Waals surface area contributed by atoms with E-state index in [-0.39, 0.29) is 30.6 Å². The zero-order valence-electron chi connectivity index (χ0n) is 16.9. The number of aromatic nitrogens is 1. The van der Waals surface area contributed by atoms with Gasteiger partial charge in [0.15, 0.2) is 5.76 Å². The number of oxazole rings is 1. The number of carbonyl (C=O) groups excluding carboxylic acids is 1. The number of furan rings is 1. The van der Waals surface area contributed by atoms with Crippen molar-refractivity contribution in [1.29, 1.82) is 0 Å². The normalized spacial score (nSPS) is 11.4. The van der Waals surface area contributed by atoms with E-state index >= 15 is 0 Å². The van der Waals surface area contributed by atoms with E-state index < -0.39 is 15.9 Å². The van der Waals surface area contributed by atoms with Crippen LogP contribution in [-0.2, 0) is 27.9 Å². The Labute approximate surface area is 174 Å². The highest BCUT2D eigenvalue weighted by atomic mass is 32.2. The van der Waals surface area contributed by atoms with Gasteiger partial charge in [-0.2, -0.15) is 0 Å². The first-order chi connectivity index (χ1) is 14.3. The summed E-state index contributed by atoms with van der Waals surface area (Å²) in [7, 11) is -1.92. The Morgan fingerprint density at radius 1 is 1.17 bits per heavy atom. The summed E-state index contributed by atoms with van der Waals surface area (Å²) < 4.78 is 42.5. The van der Waals surface area contributed by atoms with Crippen LogP contribution in [-0.4, -0.2) is 32.2 Å². The van der Waals surface area contributed by atoms with Gasteiger partial charge in [-0.1, -0.05) is 12.1 Å². The van der Waals surface area contributed by atoms with Gasteiger partial charge in [0, 0.05) is 7.11 Å². The van der Waals surface area contributed by atoms with E-state index in [4.69, 9.17) is 13.6 Å². The fourth-order valence-electron chi connectivity index (χ4n) is 2.68. The zero-order valence-corrected chi connectivity index (χ0v) is 17.7. The van der Waals surface area contributed by atoms with Crippen molar-refractivity contribution in [1.82, 2.24) is 10.3 Å². The maximum atomic E-state index is 12.3. The fraction of sp³-hybridized carbons (Fsp3) is 0.300. The van der Waals surface area contributed by atoms with Gasteiger partial charge in [-0.25, -0.2) is 13.4 Å². The molecule has 0 radical (unpaired) electrons. The van der Waals surface area contributed by atoms with Crippen LogP contribution < -0.4 is 10.0 Å². The molecule has 3 aromatic rings. The molecule has 9 nitrogen and oxygen atoms in total. The standard InChI is InChI=1S/C20H23N3O6S/c1-4-30(25,26)23-16-8-6-5-7-15(16)20-22-17(13(2)28-20)11-21-19(24)18-10-9-14(29-18)12-27-3/h5-10,23H,4,11-12H2,1-3H3,(H,21,24). The second-order valence-electron chi connectivity index (χ2n) is 6.45. The molecular formula is C20H23N3O6S. The van der Waals surface area contributed by atoms with Crippen molar-refractivity contribution in [2.75, 3.05) is 17.6 Å². The molecule has 10 heteroatoms. The number of para-hydroxylation sites is 1. The second-order valence-corrected chi connectivity index (χ2v) is 8.47. The first kappa shape index (κ1) is 21.6. The van der Waals surface area contributed by atoms with Crippen LogP contribution in [0.4, 0.5) is 5.69 Å². The van der Waals surface area contributed by atoms with E-state index in [1.807, 2.05) is 0 Å². The quantitative estimate of drug-likeness (QED) is 0.531. The predicted octanol–water partition coefficient (Wildman–Crippen LogP) is 3.08. The minimum Gasteiger partial charge on any atom is -0.453 e. The van der Waals surface area contributed by atoms with Gasteiger partial charge in [0.2, 0.25) is 15.9 Å². The van der Waals surface area contributed by atoms with Crippen molar-refractivity contribution >= 4 is 21.6 Å². The number of nitrogens with one attached hydrogen (secondary N) is 2. The van der Waals surface area contributed by atoms with E-state index in [0.717, 1.165) is 0 Å². The minimum absolute atomic E-state index is 0.0535. The number of anilines is 1. The summed E-state index contributed by atoms with van der Waals surface area (Å²) >= 11 is 0. The van der Waals surface area contributed by atoms with Crippen molar-refractivity contribution in [3.8, 4) is 11.5 Å². The number of carbonyl (C=O) groups is 1. The molecule has 0 unspecified atom stereocenters. The van der Waals surface area contributed by atoms with Gasteiger partial charge in [-0.3, -0.25) is 9.52 Å². The SMILES string of the molecule is CCS(=O)(=O)Nc1ccccc1-c1nc(CNC(=O)c2ccc(COC)o2)c(C)o1. The molecule has 160 valence electrons. The lowest BCUT2D eigenvalue weighted by atomic mass is 10.2. The summed E-state index contributed by atoms with van der Waals surface area (Å²) in [6, 6.07) is 10.1. The lowest BCUT2D eigenvalue weighted by Crippen LogP contribution is -2.22. The Kier molecular flexibility index (Phi) is 6.58. The van der Waals surface area contributed by atoms with Crippen molar-refractivity contribution in [3.05, 3.63) is 59.4 Å². The molecule has 2 N–H and O–H groups in total. The highest BCUT2D eigenvalue weighted by Gasteiger charge is 2.18. The smallest absolute Gasteiger partial charge is 0.287 e. The van der Waals surface area contributed by atoms with Crippen molar-refractivity contribution < 1.29 is 26.8 Å². The van der Waals surface area contributed by atoms with Crippen LogP contribution in [0.15, 0.2) is 45.2 Å². The van der Waals surface area contributed by atoms with Gasteiger partial charge in [0.25, 0.3) is 5.91 Å². The molecule has 3 rings (SSSR count). The summed E-state index contributed by atoms with van der Waals surface area (Å²) in [5.74, 6) is 1.04. The van der Waals surface area contributed by atoms with E-state index in [9.17, 15) is 13.2 Å². The first-order valence-corrected chi connectivity index (χ1v) is 10.9. The Bertz CT molecular complexity index is 1130. The van der Waals surface area contributed by atoms with Gasteiger partial charge in [-0.15, -0.1) is 0 Å². The third-order valence-corrected chi connectivity index (χ3v) is 5.58. The molecule has 0 aliphatic carbocycles. The molecule has 0 aliphatic heterocycles.